The number of aliphatic carboxylic acids is 2. The highest BCUT2D eigenvalue weighted by molar-refractivity contribution is 5.94. The van der Waals surface area contributed by atoms with Gasteiger partial charge >= 0.3 is 18.3 Å². The van der Waals surface area contributed by atoms with Gasteiger partial charge in [-0.1, -0.05) is 36.4 Å². The van der Waals surface area contributed by atoms with Gasteiger partial charge in [-0.15, -0.1) is 0 Å². The highest BCUT2D eigenvalue weighted by Gasteiger charge is 2.35. The molecule has 2 atom stereocenters. The summed E-state index contributed by atoms with van der Waals surface area (Å²) in [6.07, 6.45) is -8.11. The first kappa shape index (κ1) is 45.9. The first-order valence-electron chi connectivity index (χ1n) is 16.1. The number of carboxylic acid groups (broad SMARTS) is 3. The molecule has 0 fully saturated rings. The molecule has 20 heteroatoms. The highest BCUT2D eigenvalue weighted by atomic mass is 19.4. The number of carbonyl (C=O) groups is 5. The summed E-state index contributed by atoms with van der Waals surface area (Å²) in [6.45, 7) is 5.82. The highest BCUT2D eigenvalue weighted by Crippen LogP contribution is 2.24. The van der Waals surface area contributed by atoms with Crippen molar-refractivity contribution in [1.82, 2.24) is 4.90 Å². The summed E-state index contributed by atoms with van der Waals surface area (Å²) in [4.78, 5) is 61.8. The predicted molar refractivity (Wildman–Crippen MR) is 181 cm³/mol. The molecule has 8 N–H and O–H groups in total. The number of carbonyl (C=O) groups excluding carboxylic acids is 4. The van der Waals surface area contributed by atoms with Crippen molar-refractivity contribution in [3.63, 3.8) is 0 Å². The number of benzene rings is 3. The van der Waals surface area contributed by atoms with E-state index in [2.05, 4.69) is 5.73 Å². The number of nitrogens with zero attached hydrogens (tertiary/aromatic N) is 2. The van der Waals surface area contributed by atoms with Gasteiger partial charge in [0, 0.05) is 24.1 Å². The molecule has 1 aliphatic rings. The first-order chi connectivity index (χ1) is 25.9. The lowest BCUT2D eigenvalue weighted by atomic mass is 9.93. The molecule has 0 radical (unpaired) electrons. The van der Waals surface area contributed by atoms with E-state index in [1.807, 2.05) is 62.6 Å². The van der Waals surface area contributed by atoms with Crippen molar-refractivity contribution in [3.05, 3.63) is 106 Å². The van der Waals surface area contributed by atoms with Gasteiger partial charge in [0.25, 0.3) is 5.91 Å². The molecule has 0 bridgehead atoms. The van der Waals surface area contributed by atoms with Crippen LogP contribution in [0.5, 0.6) is 5.75 Å². The van der Waals surface area contributed by atoms with E-state index in [9.17, 15) is 45.8 Å². The van der Waals surface area contributed by atoms with E-state index in [4.69, 9.17) is 35.3 Å². The zero-order valence-electron chi connectivity index (χ0n) is 30.2. The van der Waals surface area contributed by atoms with Gasteiger partial charge in [-0.05, 0) is 67.3 Å². The van der Waals surface area contributed by atoms with Crippen molar-refractivity contribution in [1.29, 1.82) is 0 Å². The van der Waals surface area contributed by atoms with E-state index >= 15 is 0 Å². The number of ether oxygens (including phenoxy) is 1. The molecule has 0 saturated heterocycles. The van der Waals surface area contributed by atoms with Gasteiger partial charge in [0.15, 0.2) is 6.04 Å². The van der Waals surface area contributed by atoms with Crippen molar-refractivity contribution in [2.45, 2.75) is 58.2 Å². The maximum atomic E-state index is 14.1. The standard InChI is InChI=1S/C32H35N5O5.2C2HF3O2/c1-18-12-23(29(34)38)13-19(2)24(18)15-26(33)31(39)37(17-21-10-11-28(42-4)25(14-21)32(40)41)20(3)30-35-16-27(36-30)22-8-6-5-7-9-22;2*3-2(4,5)1(6)7/h5-14,16,20,26H,15,17,33H2,1-4H3,(H2,34,38)(H,35,36)(H,40,41);2*(H,6,7)/t20-,26-;;/m0../s1. The molecule has 0 aliphatic carbocycles. The second-order valence-electron chi connectivity index (χ2n) is 12.0. The number of primary amides is 1. The molecule has 0 aromatic heterocycles. The van der Waals surface area contributed by atoms with E-state index < -0.39 is 48.3 Å². The lowest BCUT2D eigenvalue weighted by molar-refractivity contribution is -0.462. The quantitative estimate of drug-likeness (QED) is 0.194. The van der Waals surface area contributed by atoms with Crippen molar-refractivity contribution in [3.8, 4) is 5.75 Å². The Hall–Kier alpha value is -6.28. The number of carboxylic acids is 3. The van der Waals surface area contributed by atoms with E-state index in [1.165, 1.54) is 13.2 Å². The van der Waals surface area contributed by atoms with Gasteiger partial charge in [-0.2, -0.15) is 31.3 Å². The van der Waals surface area contributed by atoms with Crippen molar-refractivity contribution in [2.24, 2.45) is 10.7 Å². The molecule has 0 saturated carbocycles. The number of rotatable bonds is 11. The molecular weight excluding hydrogens is 760 g/mol. The van der Waals surface area contributed by atoms with Crippen LogP contribution < -0.4 is 31.7 Å². The fourth-order valence-corrected chi connectivity index (χ4v) is 5.19. The molecule has 1 heterocycles. The molecular formula is C36H37F6N5O9. The predicted octanol–water partition coefficient (Wildman–Crippen LogP) is 0.251. The minimum absolute atomic E-state index is 0.0137. The summed E-state index contributed by atoms with van der Waals surface area (Å²) >= 11 is 0. The number of nitrogens with two attached hydrogens (primary N) is 2. The third kappa shape index (κ3) is 12.9. The Labute approximate surface area is 315 Å². The van der Waals surface area contributed by atoms with Crippen LogP contribution >= 0.6 is 0 Å². The van der Waals surface area contributed by atoms with Crippen LogP contribution in [0.2, 0.25) is 0 Å². The number of methoxy groups -OCH3 is 1. The Kier molecular flexibility index (Phi) is 15.9. The van der Waals surface area contributed by atoms with Crippen molar-refractivity contribution in [2.75, 3.05) is 7.11 Å². The molecule has 14 nitrogen and oxygen atoms in total. The van der Waals surface area contributed by atoms with Crippen LogP contribution in [0.3, 0.4) is 0 Å². The Morgan fingerprint density at radius 3 is 1.89 bits per heavy atom. The molecule has 0 unspecified atom stereocenters. The maximum Gasteiger partial charge on any atom is 0.430 e. The number of hydrogen-bond acceptors (Lipinski definition) is 9. The number of amides is 2. The Morgan fingerprint density at radius 2 is 1.45 bits per heavy atom. The van der Waals surface area contributed by atoms with Crippen LogP contribution in [0.1, 0.15) is 55.5 Å². The maximum absolute atomic E-state index is 14.1. The molecule has 3 aromatic carbocycles. The SMILES string of the molecule is COc1ccc(CN(C(=O)[C@@H]([NH3+])Cc2c(C)cc(C(N)=O)cc2C)[C@@H](C)C2=NC(c3ccccc3)=C[NH2+]2)cc1C(=O)O.O=C([O-])C(F)(F)F.O=C([O-])C(F)(F)F. The summed E-state index contributed by atoms with van der Waals surface area (Å²) in [6, 6.07) is 17.0. The van der Waals surface area contributed by atoms with E-state index in [1.54, 1.807) is 29.2 Å². The van der Waals surface area contributed by atoms with Gasteiger partial charge < -0.3 is 46.0 Å². The number of aliphatic imine (C=N–C) groups is 1. The average molecular weight is 798 g/mol. The summed E-state index contributed by atoms with van der Waals surface area (Å²) in [7, 11) is 1.41. The van der Waals surface area contributed by atoms with Crippen LogP contribution in [0.25, 0.3) is 5.70 Å². The zero-order chi connectivity index (χ0) is 42.7. The fraction of sp³-hybridized carbons (Fsp3) is 0.278. The van der Waals surface area contributed by atoms with Crippen LogP contribution in [0, 0.1) is 13.8 Å². The van der Waals surface area contributed by atoms with Crippen LogP contribution in [-0.4, -0.2) is 77.1 Å². The number of alkyl halides is 6. The number of aromatic carboxylic acids is 1. The Morgan fingerprint density at radius 1 is 0.929 bits per heavy atom. The first-order valence-corrected chi connectivity index (χ1v) is 16.1. The molecule has 2 amide bonds. The molecule has 4 rings (SSSR count). The van der Waals surface area contributed by atoms with E-state index in [0.29, 0.717) is 23.4 Å². The zero-order valence-corrected chi connectivity index (χ0v) is 30.2. The number of hydrogen-bond donors (Lipinski definition) is 4. The smallest absolute Gasteiger partial charge is 0.430 e. The van der Waals surface area contributed by atoms with Crippen LogP contribution in [0.15, 0.2) is 71.9 Å². The summed E-state index contributed by atoms with van der Waals surface area (Å²) in [5, 5.41) is 29.2. The topological polar surface area (TPSA) is 247 Å². The van der Waals surface area contributed by atoms with Gasteiger partial charge in [0.1, 0.15) is 41.2 Å². The minimum atomic E-state index is -5.19. The lowest BCUT2D eigenvalue weighted by Gasteiger charge is -2.29. The Balaban J connectivity index is 0.000000657. The second kappa shape index (κ2) is 19.4. The molecule has 302 valence electrons. The molecule has 0 spiro atoms. The second-order valence-corrected chi connectivity index (χ2v) is 12.0. The average Bonchev–Trinajstić information content (AvgIpc) is 3.62. The molecule has 56 heavy (non-hydrogen) atoms. The number of quaternary nitrogens is 2. The van der Waals surface area contributed by atoms with Crippen molar-refractivity contribution >= 4 is 41.3 Å². The van der Waals surface area contributed by atoms with Crippen LogP contribution in [-0.2, 0) is 27.3 Å². The largest absolute Gasteiger partial charge is 0.542 e. The fourth-order valence-electron chi connectivity index (χ4n) is 5.19. The summed E-state index contributed by atoms with van der Waals surface area (Å²) in [5.41, 5.74) is 15.2. The molecule has 3 aromatic rings. The van der Waals surface area contributed by atoms with E-state index in [-0.39, 0.29) is 23.8 Å². The summed E-state index contributed by atoms with van der Waals surface area (Å²) < 4.78 is 68.3. The number of halogens is 6. The molecule has 1 aliphatic heterocycles. The number of amidine groups is 1. The lowest BCUT2D eigenvalue weighted by Crippen LogP contribution is -2.85. The van der Waals surface area contributed by atoms with Gasteiger partial charge in [-0.3, -0.25) is 14.9 Å². The minimum Gasteiger partial charge on any atom is -0.542 e. The van der Waals surface area contributed by atoms with Crippen LogP contribution in [0.4, 0.5) is 26.3 Å². The van der Waals surface area contributed by atoms with Gasteiger partial charge in [0.2, 0.25) is 11.7 Å². The van der Waals surface area contributed by atoms with Gasteiger partial charge in [-0.25, -0.2) is 4.79 Å². The third-order valence-electron chi connectivity index (χ3n) is 8.00. The van der Waals surface area contributed by atoms with E-state index in [0.717, 1.165) is 28.0 Å². The van der Waals surface area contributed by atoms with Crippen molar-refractivity contribution < 1.29 is 81.4 Å². The van der Waals surface area contributed by atoms with Gasteiger partial charge in [0.05, 0.1) is 7.11 Å². The third-order valence-corrected chi connectivity index (χ3v) is 8.00. The Bertz CT molecular complexity index is 1950. The normalized spacial score (nSPS) is 13.3. The summed E-state index contributed by atoms with van der Waals surface area (Å²) in [5.74, 6) is -6.91. The number of aryl methyl sites for hydroxylation is 2. The monoisotopic (exact) mass is 797 g/mol.